The second-order valence-electron chi connectivity index (χ2n) is 5.68. The molecule has 3 rings (SSSR count). The van der Waals surface area contributed by atoms with Crippen LogP contribution in [-0.4, -0.2) is 31.1 Å². The van der Waals surface area contributed by atoms with Crippen LogP contribution >= 0.6 is 44.1 Å². The van der Waals surface area contributed by atoms with Gasteiger partial charge in [0.05, 0.1) is 24.4 Å². The molecule has 144 valence electrons. The van der Waals surface area contributed by atoms with Gasteiger partial charge in [0, 0.05) is 4.47 Å². The Hall–Kier alpha value is -2.23. The van der Waals surface area contributed by atoms with Crippen LogP contribution in [0, 0.1) is 0 Å². The fourth-order valence-electron chi connectivity index (χ4n) is 2.70. The van der Waals surface area contributed by atoms with Crippen LogP contribution in [0.25, 0.3) is 6.08 Å². The maximum Gasteiger partial charge on any atom is 0.270 e. The first-order valence-corrected chi connectivity index (χ1v) is 9.93. The van der Waals surface area contributed by atoms with E-state index in [0.717, 1.165) is 4.47 Å². The largest absolute Gasteiger partial charge is 0.493 e. The number of thiocarbonyl (C=S) groups is 1. The van der Waals surface area contributed by atoms with E-state index in [4.69, 9.17) is 21.7 Å². The van der Waals surface area contributed by atoms with Gasteiger partial charge in [-0.2, -0.15) is 0 Å². The van der Waals surface area contributed by atoms with Crippen LogP contribution in [-0.2, 0) is 9.59 Å². The zero-order valence-electron chi connectivity index (χ0n) is 14.8. The van der Waals surface area contributed by atoms with Crippen LogP contribution in [0.5, 0.6) is 11.5 Å². The van der Waals surface area contributed by atoms with Gasteiger partial charge in [-0.25, -0.2) is 0 Å². The van der Waals surface area contributed by atoms with E-state index in [1.807, 2.05) is 6.07 Å². The summed E-state index contributed by atoms with van der Waals surface area (Å²) in [4.78, 5) is 26.8. The Morgan fingerprint density at radius 1 is 1.11 bits per heavy atom. The third-order valence-electron chi connectivity index (χ3n) is 3.93. The molecule has 0 bridgehead atoms. The molecule has 0 aliphatic carbocycles. The molecular formula is C19H14Br2N2O4S. The summed E-state index contributed by atoms with van der Waals surface area (Å²) in [5.41, 5.74) is 1.08. The van der Waals surface area contributed by atoms with E-state index in [0.29, 0.717) is 27.2 Å². The standard InChI is InChI=1S/C19H14Br2N2O4S/c1-26-15-8-10(7-14(21)16(15)27-2)6-13-17(24)22-19(28)23(18(13)25)12-5-3-4-11(20)9-12/h3-9H,1-2H3,(H,22,24,28)/b13-6-. The molecule has 1 N–H and O–H groups in total. The van der Waals surface area contributed by atoms with Crippen molar-refractivity contribution in [3.05, 3.63) is 56.5 Å². The number of amides is 2. The number of methoxy groups -OCH3 is 2. The number of ether oxygens (including phenoxy) is 2. The molecule has 6 nitrogen and oxygen atoms in total. The SMILES string of the molecule is COc1cc(/C=C2/C(=O)NC(=S)N(c3cccc(Br)c3)C2=O)cc(Br)c1OC. The molecule has 1 saturated heterocycles. The fraction of sp³-hybridized carbons (Fsp3) is 0.105. The van der Waals surface area contributed by atoms with Gasteiger partial charge in [-0.1, -0.05) is 22.0 Å². The highest BCUT2D eigenvalue weighted by Crippen LogP contribution is 2.37. The number of halogens is 2. The first-order chi connectivity index (χ1) is 13.3. The minimum Gasteiger partial charge on any atom is -0.493 e. The van der Waals surface area contributed by atoms with E-state index >= 15 is 0 Å². The van der Waals surface area contributed by atoms with Gasteiger partial charge >= 0.3 is 0 Å². The molecule has 9 heteroatoms. The average Bonchev–Trinajstić information content (AvgIpc) is 2.64. The van der Waals surface area contributed by atoms with Crippen LogP contribution in [0.3, 0.4) is 0 Å². The molecule has 1 fully saturated rings. The maximum absolute atomic E-state index is 13.1. The van der Waals surface area contributed by atoms with Gasteiger partial charge in [0.1, 0.15) is 5.57 Å². The fourth-order valence-corrected chi connectivity index (χ4v) is 3.98. The van der Waals surface area contributed by atoms with Gasteiger partial charge < -0.3 is 9.47 Å². The Balaban J connectivity index is 2.06. The van der Waals surface area contributed by atoms with Gasteiger partial charge in [0.25, 0.3) is 11.8 Å². The van der Waals surface area contributed by atoms with Crippen molar-refractivity contribution < 1.29 is 19.1 Å². The van der Waals surface area contributed by atoms with Crippen molar-refractivity contribution >= 4 is 72.8 Å². The highest BCUT2D eigenvalue weighted by molar-refractivity contribution is 9.10. The molecule has 1 heterocycles. The highest BCUT2D eigenvalue weighted by atomic mass is 79.9. The number of nitrogens with one attached hydrogen (secondary N) is 1. The zero-order valence-corrected chi connectivity index (χ0v) is 18.8. The molecule has 0 aromatic heterocycles. The number of carbonyl (C=O) groups is 2. The maximum atomic E-state index is 13.1. The molecule has 1 aliphatic rings. The Bertz CT molecular complexity index is 1020. The number of rotatable bonds is 4. The molecule has 0 unspecified atom stereocenters. The Kier molecular flexibility index (Phi) is 6.17. The van der Waals surface area contributed by atoms with Gasteiger partial charge in [0.2, 0.25) is 0 Å². The molecule has 0 atom stereocenters. The van der Waals surface area contributed by atoms with Crippen molar-refractivity contribution in [2.45, 2.75) is 0 Å². The normalized spacial score (nSPS) is 15.6. The lowest BCUT2D eigenvalue weighted by Crippen LogP contribution is -2.54. The van der Waals surface area contributed by atoms with Crippen LogP contribution in [0.1, 0.15) is 5.56 Å². The Morgan fingerprint density at radius 3 is 2.50 bits per heavy atom. The molecule has 0 saturated carbocycles. The summed E-state index contributed by atoms with van der Waals surface area (Å²) < 4.78 is 12.0. The number of nitrogens with zero attached hydrogens (tertiary/aromatic N) is 1. The summed E-state index contributed by atoms with van der Waals surface area (Å²) in [6.07, 6.45) is 1.48. The Labute approximate surface area is 183 Å². The van der Waals surface area contributed by atoms with Crippen LogP contribution < -0.4 is 19.7 Å². The minimum absolute atomic E-state index is 0.0266. The molecule has 1 aliphatic heterocycles. The quantitative estimate of drug-likeness (QED) is 0.370. The summed E-state index contributed by atoms with van der Waals surface area (Å²) in [7, 11) is 3.03. The summed E-state index contributed by atoms with van der Waals surface area (Å²) in [5, 5.41) is 2.59. The smallest absolute Gasteiger partial charge is 0.270 e. The highest BCUT2D eigenvalue weighted by Gasteiger charge is 2.34. The van der Waals surface area contributed by atoms with Gasteiger partial charge in [-0.05, 0) is 70.1 Å². The third-order valence-corrected chi connectivity index (χ3v) is 5.30. The summed E-state index contributed by atoms with van der Waals surface area (Å²) in [6, 6.07) is 10.5. The monoisotopic (exact) mass is 524 g/mol. The summed E-state index contributed by atoms with van der Waals surface area (Å²) in [6.45, 7) is 0. The summed E-state index contributed by atoms with van der Waals surface area (Å²) >= 11 is 12.0. The van der Waals surface area contributed by atoms with Gasteiger partial charge in [-0.3, -0.25) is 19.8 Å². The third kappa shape index (κ3) is 3.96. The first-order valence-electron chi connectivity index (χ1n) is 7.94. The van der Waals surface area contributed by atoms with Gasteiger partial charge in [-0.15, -0.1) is 0 Å². The second kappa shape index (κ2) is 8.42. The van der Waals surface area contributed by atoms with Crippen molar-refractivity contribution in [2.75, 3.05) is 19.1 Å². The summed E-state index contributed by atoms with van der Waals surface area (Å²) in [5.74, 6) is -0.0994. The van der Waals surface area contributed by atoms with E-state index in [2.05, 4.69) is 37.2 Å². The number of hydrogen-bond acceptors (Lipinski definition) is 5. The lowest BCUT2D eigenvalue weighted by Gasteiger charge is -2.29. The van der Waals surface area contributed by atoms with Crippen LogP contribution in [0.15, 0.2) is 50.9 Å². The molecule has 0 radical (unpaired) electrons. The van der Waals surface area contributed by atoms with Gasteiger partial charge in [0.15, 0.2) is 16.6 Å². The lowest BCUT2D eigenvalue weighted by molar-refractivity contribution is -0.122. The zero-order chi connectivity index (χ0) is 20.4. The van der Waals surface area contributed by atoms with E-state index < -0.39 is 11.8 Å². The van der Waals surface area contributed by atoms with Crippen LogP contribution in [0.4, 0.5) is 5.69 Å². The molecular weight excluding hydrogens is 512 g/mol. The van der Waals surface area contributed by atoms with Crippen molar-refractivity contribution in [3.63, 3.8) is 0 Å². The van der Waals surface area contributed by atoms with E-state index in [-0.39, 0.29) is 10.7 Å². The number of hydrogen-bond donors (Lipinski definition) is 1. The first kappa shape index (κ1) is 20.5. The minimum atomic E-state index is -0.563. The van der Waals surface area contributed by atoms with Crippen molar-refractivity contribution in [1.82, 2.24) is 5.32 Å². The Morgan fingerprint density at radius 2 is 1.86 bits per heavy atom. The van der Waals surface area contributed by atoms with Crippen molar-refractivity contribution in [3.8, 4) is 11.5 Å². The number of carbonyl (C=O) groups excluding carboxylic acids is 2. The average molecular weight is 526 g/mol. The van der Waals surface area contributed by atoms with Crippen molar-refractivity contribution in [1.29, 1.82) is 0 Å². The van der Waals surface area contributed by atoms with E-state index in [1.165, 1.54) is 25.2 Å². The van der Waals surface area contributed by atoms with E-state index in [1.54, 1.807) is 30.3 Å². The van der Waals surface area contributed by atoms with Crippen molar-refractivity contribution in [2.24, 2.45) is 0 Å². The predicted octanol–water partition coefficient (Wildman–Crippen LogP) is 4.06. The van der Waals surface area contributed by atoms with E-state index in [9.17, 15) is 9.59 Å². The predicted molar refractivity (Wildman–Crippen MR) is 118 cm³/mol. The molecule has 28 heavy (non-hydrogen) atoms. The number of anilines is 1. The molecule has 2 amide bonds. The lowest BCUT2D eigenvalue weighted by atomic mass is 10.1. The van der Waals surface area contributed by atoms with Crippen LogP contribution in [0.2, 0.25) is 0 Å². The molecule has 2 aromatic carbocycles. The second-order valence-corrected chi connectivity index (χ2v) is 7.83. The molecule has 2 aromatic rings. The molecule has 0 spiro atoms. The topological polar surface area (TPSA) is 67.9 Å². The number of benzene rings is 2.